The van der Waals surface area contributed by atoms with E-state index in [2.05, 4.69) is 63.7 Å². The summed E-state index contributed by atoms with van der Waals surface area (Å²) in [5.41, 5.74) is 5.14. The molecule has 1 N–H and O–H groups in total. The van der Waals surface area contributed by atoms with Crippen molar-refractivity contribution in [3.8, 4) is 0 Å². The first-order valence-electron chi connectivity index (χ1n) is 9.22. The predicted octanol–water partition coefficient (Wildman–Crippen LogP) is 6.54. The maximum Gasteiger partial charge on any atom is 0.137 e. The van der Waals surface area contributed by atoms with Crippen molar-refractivity contribution in [3.05, 3.63) is 99.7 Å². The third kappa shape index (κ3) is 4.86. The Labute approximate surface area is 196 Å². The highest BCUT2D eigenvalue weighted by atomic mass is 79.9. The molecule has 0 unspecified atom stereocenters. The van der Waals surface area contributed by atoms with Gasteiger partial charge in [0.15, 0.2) is 0 Å². The molecule has 0 aliphatic heterocycles. The van der Waals surface area contributed by atoms with E-state index in [1.54, 1.807) is 6.20 Å². The summed E-state index contributed by atoms with van der Waals surface area (Å²) in [4.78, 5) is 8.56. The highest BCUT2D eigenvalue weighted by molar-refractivity contribution is 9.10. The summed E-state index contributed by atoms with van der Waals surface area (Å²) >= 11 is 12.6. The molecule has 4 aromatic heterocycles. The minimum Gasteiger partial charge on any atom is -0.379 e. The van der Waals surface area contributed by atoms with Gasteiger partial charge in [0, 0.05) is 27.0 Å². The van der Waals surface area contributed by atoms with E-state index >= 15 is 0 Å². The molecule has 0 bridgehead atoms. The Bertz CT molecular complexity index is 1270. The van der Waals surface area contributed by atoms with Gasteiger partial charge >= 0.3 is 0 Å². The zero-order chi connectivity index (χ0) is 20.9. The number of para-hydroxylation sites is 1. The van der Waals surface area contributed by atoms with E-state index in [0.717, 1.165) is 43.9 Å². The fourth-order valence-electron chi connectivity index (χ4n) is 2.99. The largest absolute Gasteiger partial charge is 0.379 e. The van der Waals surface area contributed by atoms with E-state index in [-0.39, 0.29) is 0 Å². The molecule has 0 aliphatic carbocycles. The zero-order valence-corrected chi connectivity index (χ0v) is 19.8. The Morgan fingerprint density at radius 2 is 1.33 bits per heavy atom. The zero-order valence-electron chi connectivity index (χ0n) is 15.8. The van der Waals surface area contributed by atoms with Crippen molar-refractivity contribution in [2.75, 3.05) is 5.32 Å². The van der Waals surface area contributed by atoms with Gasteiger partial charge < -0.3 is 14.1 Å². The lowest BCUT2D eigenvalue weighted by atomic mass is 10.3. The van der Waals surface area contributed by atoms with Crippen molar-refractivity contribution in [2.24, 2.45) is 0 Å². The molecule has 152 valence electrons. The van der Waals surface area contributed by atoms with Gasteiger partial charge in [-0.15, -0.1) is 11.6 Å². The first-order chi connectivity index (χ1) is 14.6. The highest BCUT2D eigenvalue weighted by Crippen LogP contribution is 2.16. The molecule has 0 saturated carbocycles. The van der Waals surface area contributed by atoms with Gasteiger partial charge in [-0.05, 0) is 68.3 Å². The van der Waals surface area contributed by atoms with Crippen LogP contribution in [-0.2, 0) is 12.4 Å². The quantitative estimate of drug-likeness (QED) is 0.260. The van der Waals surface area contributed by atoms with Crippen LogP contribution in [0, 0.1) is 0 Å². The van der Waals surface area contributed by atoms with E-state index in [0.29, 0.717) is 5.88 Å². The van der Waals surface area contributed by atoms with Crippen LogP contribution >= 0.6 is 43.5 Å². The number of fused-ring (bicyclic) bond motifs is 2. The first-order valence-corrected chi connectivity index (χ1v) is 11.3. The summed E-state index contributed by atoms with van der Waals surface area (Å²) in [6.45, 7) is 0.752. The molecule has 0 atom stereocenters. The molecule has 0 fully saturated rings. The molecule has 0 spiro atoms. The Balaban J connectivity index is 0.000000158. The number of benzene rings is 1. The lowest BCUT2D eigenvalue weighted by Gasteiger charge is -2.06. The van der Waals surface area contributed by atoms with Crippen LogP contribution in [0.25, 0.3) is 11.3 Å². The van der Waals surface area contributed by atoms with Gasteiger partial charge in [-0.3, -0.25) is 0 Å². The predicted molar refractivity (Wildman–Crippen MR) is 129 cm³/mol. The van der Waals surface area contributed by atoms with Gasteiger partial charge in [0.1, 0.15) is 11.3 Å². The van der Waals surface area contributed by atoms with Gasteiger partial charge in [-0.25, -0.2) is 9.97 Å². The number of aromatic nitrogens is 4. The van der Waals surface area contributed by atoms with E-state index in [1.165, 1.54) is 0 Å². The SMILES string of the molecule is Brc1ccc2ncc(CNc3ccccc3)n2c1.ClCc1cnc2ccc(Br)cn12. The molecule has 0 saturated heterocycles. The molecule has 5 aromatic rings. The Morgan fingerprint density at radius 1 is 0.767 bits per heavy atom. The van der Waals surface area contributed by atoms with E-state index in [9.17, 15) is 0 Å². The van der Waals surface area contributed by atoms with Crippen molar-refractivity contribution in [2.45, 2.75) is 12.4 Å². The lowest BCUT2D eigenvalue weighted by molar-refractivity contribution is 1.00. The Morgan fingerprint density at radius 3 is 1.93 bits per heavy atom. The van der Waals surface area contributed by atoms with Crippen LogP contribution in [0.2, 0.25) is 0 Å². The molecular weight excluding hydrogens is 530 g/mol. The second-order valence-electron chi connectivity index (χ2n) is 6.50. The topological polar surface area (TPSA) is 46.6 Å². The number of nitrogens with one attached hydrogen (secondary N) is 1. The standard InChI is InChI=1S/C14H12BrN3.C8H6BrClN2/c15-11-6-7-14-17-9-13(18(14)10-11)8-16-12-4-2-1-3-5-12;9-6-1-2-8-11-4-7(3-10)12(8)5-6/h1-7,9-10,16H,8H2;1-2,4-5H,3H2. The number of pyridine rings is 2. The summed E-state index contributed by atoms with van der Waals surface area (Å²) in [6, 6.07) is 18.1. The van der Waals surface area contributed by atoms with E-state index in [4.69, 9.17) is 11.6 Å². The van der Waals surface area contributed by atoms with Gasteiger partial charge in [0.05, 0.1) is 36.2 Å². The minimum absolute atomic E-state index is 0.484. The number of imidazole rings is 2. The number of hydrogen-bond acceptors (Lipinski definition) is 3. The number of anilines is 1. The first kappa shape index (κ1) is 20.9. The lowest BCUT2D eigenvalue weighted by Crippen LogP contribution is -2.02. The van der Waals surface area contributed by atoms with Crippen molar-refractivity contribution in [3.63, 3.8) is 0 Å². The maximum absolute atomic E-state index is 5.72. The minimum atomic E-state index is 0.484. The third-order valence-corrected chi connectivity index (χ3v) is 5.69. The van der Waals surface area contributed by atoms with Gasteiger partial charge in [0.2, 0.25) is 0 Å². The van der Waals surface area contributed by atoms with Gasteiger partial charge in [-0.1, -0.05) is 18.2 Å². The van der Waals surface area contributed by atoms with Crippen LogP contribution in [0.5, 0.6) is 0 Å². The number of nitrogens with zero attached hydrogens (tertiary/aromatic N) is 4. The maximum atomic E-state index is 5.72. The average Bonchev–Trinajstić information content (AvgIpc) is 3.36. The van der Waals surface area contributed by atoms with Gasteiger partial charge in [-0.2, -0.15) is 0 Å². The number of hydrogen-bond donors (Lipinski definition) is 1. The normalized spacial score (nSPS) is 10.8. The van der Waals surface area contributed by atoms with Crippen molar-refractivity contribution in [1.29, 1.82) is 0 Å². The van der Waals surface area contributed by atoms with Crippen molar-refractivity contribution < 1.29 is 0 Å². The second-order valence-corrected chi connectivity index (χ2v) is 8.60. The Hall–Kier alpha value is -2.35. The molecule has 5 nitrogen and oxygen atoms in total. The van der Waals surface area contributed by atoms with Crippen LogP contribution in [0.1, 0.15) is 11.4 Å². The van der Waals surface area contributed by atoms with Crippen LogP contribution in [0.15, 0.2) is 88.3 Å². The molecule has 1 aromatic carbocycles. The summed E-state index contributed by atoms with van der Waals surface area (Å²) in [5.74, 6) is 0.484. The van der Waals surface area contributed by atoms with Gasteiger partial charge in [0.25, 0.3) is 0 Å². The number of rotatable bonds is 4. The summed E-state index contributed by atoms with van der Waals surface area (Å²) in [6.07, 6.45) is 7.68. The van der Waals surface area contributed by atoms with Crippen LogP contribution < -0.4 is 5.32 Å². The highest BCUT2D eigenvalue weighted by Gasteiger charge is 2.03. The monoisotopic (exact) mass is 545 g/mol. The number of halogens is 3. The number of alkyl halides is 1. The molecule has 0 amide bonds. The second kappa shape index (κ2) is 9.64. The summed E-state index contributed by atoms with van der Waals surface area (Å²) in [7, 11) is 0. The van der Waals surface area contributed by atoms with Crippen LogP contribution in [0.4, 0.5) is 5.69 Å². The molecular formula is C22H18Br2ClN5. The van der Waals surface area contributed by atoms with Crippen LogP contribution in [0.3, 0.4) is 0 Å². The molecule has 0 radical (unpaired) electrons. The Kier molecular flexibility index (Phi) is 6.72. The fraction of sp³-hybridized carbons (Fsp3) is 0.0909. The molecule has 4 heterocycles. The summed E-state index contributed by atoms with van der Waals surface area (Å²) in [5, 5.41) is 3.38. The van der Waals surface area contributed by atoms with E-state index < -0.39 is 0 Å². The molecule has 5 rings (SSSR count). The van der Waals surface area contributed by atoms with Crippen LogP contribution in [-0.4, -0.2) is 18.8 Å². The molecule has 8 heteroatoms. The summed E-state index contributed by atoms with van der Waals surface area (Å²) < 4.78 is 6.13. The molecule has 30 heavy (non-hydrogen) atoms. The third-order valence-electron chi connectivity index (χ3n) is 4.48. The van der Waals surface area contributed by atoms with Crippen molar-refractivity contribution >= 4 is 60.4 Å². The molecule has 0 aliphatic rings. The fourth-order valence-corrected chi connectivity index (χ4v) is 3.86. The smallest absolute Gasteiger partial charge is 0.137 e. The average molecular weight is 548 g/mol. The van der Waals surface area contributed by atoms with Crippen molar-refractivity contribution in [1.82, 2.24) is 18.8 Å². The van der Waals surface area contributed by atoms with E-state index in [1.807, 2.05) is 65.5 Å².